The molecule has 0 bridgehead atoms. The molecule has 0 heterocycles. The monoisotopic (exact) mass is 420 g/mol. The van der Waals surface area contributed by atoms with Gasteiger partial charge in [-0.1, -0.05) is 74.8 Å². The third-order valence-corrected chi connectivity index (χ3v) is 6.50. The fourth-order valence-corrected chi connectivity index (χ4v) is 4.97. The van der Waals surface area contributed by atoms with Crippen molar-refractivity contribution >= 4 is 10.8 Å². The Bertz CT molecular complexity index is 1110. The van der Waals surface area contributed by atoms with E-state index in [0.29, 0.717) is 11.8 Å². The van der Waals surface area contributed by atoms with E-state index in [1.165, 1.54) is 54.9 Å². The minimum absolute atomic E-state index is 0.140. The van der Waals surface area contributed by atoms with Crippen molar-refractivity contribution in [2.24, 2.45) is 5.92 Å². The van der Waals surface area contributed by atoms with Crippen molar-refractivity contribution in [1.29, 1.82) is 0 Å². The van der Waals surface area contributed by atoms with Gasteiger partial charge in [-0.3, -0.25) is 0 Å². The second kappa shape index (κ2) is 9.60. The molecule has 0 radical (unpaired) electrons. The quantitative estimate of drug-likeness (QED) is 0.295. The maximum atomic E-state index is 13.6. The normalized spacial score (nSPS) is 18.6. The average Bonchev–Trinajstić information content (AvgIpc) is 2.79. The van der Waals surface area contributed by atoms with Crippen LogP contribution in [-0.2, 0) is 0 Å². The Morgan fingerprint density at radius 1 is 0.903 bits per heavy atom. The van der Waals surface area contributed by atoms with Crippen LogP contribution >= 0.6 is 0 Å². The molecule has 3 heteroatoms. The summed E-state index contributed by atoms with van der Waals surface area (Å²) in [5.41, 5.74) is 2.30. The topological polar surface area (TPSA) is 0 Å². The van der Waals surface area contributed by atoms with E-state index in [9.17, 15) is 13.2 Å². The number of benzene rings is 3. The third-order valence-electron chi connectivity index (χ3n) is 6.50. The number of hydrogen-bond acceptors (Lipinski definition) is 0. The molecule has 0 nitrogen and oxygen atoms in total. The zero-order chi connectivity index (χ0) is 21.8. The van der Waals surface area contributed by atoms with Gasteiger partial charge in [0.25, 0.3) is 0 Å². The molecule has 3 aromatic carbocycles. The van der Waals surface area contributed by atoms with Crippen LogP contribution in [0.4, 0.5) is 13.2 Å². The van der Waals surface area contributed by atoms with Crippen molar-refractivity contribution in [3.05, 3.63) is 82.7 Å². The molecule has 0 spiro atoms. The zero-order valence-electron chi connectivity index (χ0n) is 17.9. The van der Waals surface area contributed by atoms with Crippen molar-refractivity contribution in [2.45, 2.75) is 57.8 Å². The van der Waals surface area contributed by atoms with Crippen molar-refractivity contribution < 1.29 is 13.2 Å². The highest BCUT2D eigenvalue weighted by molar-refractivity contribution is 5.88. The highest BCUT2D eigenvalue weighted by atomic mass is 19.2. The Kier molecular flexibility index (Phi) is 6.66. The van der Waals surface area contributed by atoms with Crippen molar-refractivity contribution in [2.75, 3.05) is 0 Å². The van der Waals surface area contributed by atoms with Crippen LogP contribution in [-0.4, -0.2) is 0 Å². The maximum absolute atomic E-state index is 13.6. The summed E-state index contributed by atoms with van der Waals surface area (Å²) in [6.45, 7) is 2.23. The van der Waals surface area contributed by atoms with Crippen molar-refractivity contribution in [1.82, 2.24) is 0 Å². The summed E-state index contributed by atoms with van der Waals surface area (Å²) in [5.74, 6) is 3.21. The minimum atomic E-state index is -1.46. The van der Waals surface area contributed by atoms with Crippen molar-refractivity contribution in [3.8, 4) is 11.8 Å². The van der Waals surface area contributed by atoms with Gasteiger partial charge in [-0.15, -0.1) is 0 Å². The molecule has 160 valence electrons. The fourth-order valence-electron chi connectivity index (χ4n) is 4.97. The second-order valence-corrected chi connectivity index (χ2v) is 8.55. The molecular formula is C28H27F3. The van der Waals surface area contributed by atoms with E-state index in [2.05, 4.69) is 43.0 Å². The second-order valence-electron chi connectivity index (χ2n) is 8.55. The minimum Gasteiger partial charge on any atom is -0.204 e. The van der Waals surface area contributed by atoms with Crippen LogP contribution in [0.15, 0.2) is 48.5 Å². The molecule has 0 saturated heterocycles. The van der Waals surface area contributed by atoms with Gasteiger partial charge < -0.3 is 0 Å². The van der Waals surface area contributed by atoms with Crippen molar-refractivity contribution in [3.63, 3.8) is 0 Å². The standard InChI is InChI=1S/C28H27F3/c1-2-3-8-20-9-4-6-11-23(20)27-22(16-15-21-10-5-7-12-24(21)27)14-13-19-17-25(29)28(31)26(30)18-19/h5,7,10,12,15-18,20,23H,2-4,6,8-9,11H2,1H3. The molecule has 2 unspecified atom stereocenters. The van der Waals surface area contributed by atoms with E-state index in [1.54, 1.807) is 0 Å². The van der Waals surface area contributed by atoms with Gasteiger partial charge in [-0.2, -0.15) is 0 Å². The Balaban J connectivity index is 1.82. The van der Waals surface area contributed by atoms with E-state index in [0.717, 1.165) is 24.1 Å². The number of unbranched alkanes of at least 4 members (excludes halogenated alkanes) is 1. The Hall–Kier alpha value is -2.73. The number of fused-ring (bicyclic) bond motifs is 1. The van der Waals surface area contributed by atoms with E-state index >= 15 is 0 Å². The van der Waals surface area contributed by atoms with Gasteiger partial charge in [-0.25, -0.2) is 13.2 Å². The molecule has 1 aliphatic carbocycles. The van der Waals surface area contributed by atoms with Crippen LogP contribution in [0.25, 0.3) is 10.8 Å². The Labute approximate surface area is 182 Å². The highest BCUT2D eigenvalue weighted by Gasteiger charge is 2.28. The predicted molar refractivity (Wildman–Crippen MR) is 120 cm³/mol. The summed E-state index contributed by atoms with van der Waals surface area (Å²) in [4.78, 5) is 0. The summed E-state index contributed by atoms with van der Waals surface area (Å²) in [5, 5.41) is 2.39. The summed E-state index contributed by atoms with van der Waals surface area (Å²) in [6.07, 6.45) is 8.47. The molecule has 2 atom stereocenters. The first kappa shape index (κ1) is 21.5. The molecule has 4 rings (SSSR count). The first-order valence-corrected chi connectivity index (χ1v) is 11.3. The van der Waals surface area contributed by atoms with Gasteiger partial charge in [0.15, 0.2) is 17.5 Å². The lowest BCUT2D eigenvalue weighted by Crippen LogP contribution is -2.19. The van der Waals surface area contributed by atoms with Gasteiger partial charge in [0, 0.05) is 11.1 Å². The molecule has 1 saturated carbocycles. The van der Waals surface area contributed by atoms with Crippen LogP contribution in [0.2, 0.25) is 0 Å². The molecule has 0 amide bonds. The fraction of sp³-hybridized carbons (Fsp3) is 0.357. The lowest BCUT2D eigenvalue weighted by molar-refractivity contribution is 0.286. The Morgan fingerprint density at radius 2 is 1.65 bits per heavy atom. The maximum Gasteiger partial charge on any atom is 0.194 e. The predicted octanol–water partition coefficient (Wildman–Crippen LogP) is 8.12. The van der Waals surface area contributed by atoms with Crippen LogP contribution in [0, 0.1) is 35.2 Å². The molecular weight excluding hydrogens is 393 g/mol. The van der Waals surface area contributed by atoms with E-state index in [4.69, 9.17) is 0 Å². The van der Waals surface area contributed by atoms with E-state index in [1.807, 2.05) is 12.1 Å². The van der Waals surface area contributed by atoms with Crippen LogP contribution in [0.5, 0.6) is 0 Å². The van der Waals surface area contributed by atoms with Gasteiger partial charge in [0.1, 0.15) is 0 Å². The third kappa shape index (κ3) is 4.64. The first-order chi connectivity index (χ1) is 15.1. The van der Waals surface area contributed by atoms with Gasteiger partial charge in [0.05, 0.1) is 0 Å². The number of hydrogen-bond donors (Lipinski definition) is 0. The van der Waals surface area contributed by atoms with Crippen LogP contribution < -0.4 is 0 Å². The molecule has 1 aliphatic rings. The number of rotatable bonds is 4. The molecule has 0 aliphatic heterocycles. The van der Waals surface area contributed by atoms with Crippen LogP contribution in [0.3, 0.4) is 0 Å². The SMILES string of the molecule is CCCCC1CCCCC1c1c(C#Cc2cc(F)c(F)c(F)c2)ccc2ccccc12. The number of halogens is 3. The van der Waals surface area contributed by atoms with Crippen LogP contribution in [0.1, 0.15) is 74.5 Å². The summed E-state index contributed by atoms with van der Waals surface area (Å²) in [7, 11) is 0. The molecule has 0 N–H and O–H groups in total. The lowest BCUT2D eigenvalue weighted by Gasteiger charge is -2.33. The Morgan fingerprint density at radius 3 is 2.42 bits per heavy atom. The van der Waals surface area contributed by atoms with E-state index < -0.39 is 17.5 Å². The smallest absolute Gasteiger partial charge is 0.194 e. The van der Waals surface area contributed by atoms with E-state index in [-0.39, 0.29) is 5.56 Å². The highest BCUT2D eigenvalue weighted by Crippen LogP contribution is 2.44. The van der Waals surface area contributed by atoms with Gasteiger partial charge >= 0.3 is 0 Å². The summed E-state index contributed by atoms with van der Waals surface area (Å²) in [6, 6.07) is 14.3. The summed E-state index contributed by atoms with van der Waals surface area (Å²) >= 11 is 0. The summed E-state index contributed by atoms with van der Waals surface area (Å²) < 4.78 is 40.6. The largest absolute Gasteiger partial charge is 0.204 e. The van der Waals surface area contributed by atoms with Gasteiger partial charge in [0.2, 0.25) is 0 Å². The first-order valence-electron chi connectivity index (χ1n) is 11.3. The lowest BCUT2D eigenvalue weighted by atomic mass is 9.71. The molecule has 3 aromatic rings. The molecule has 31 heavy (non-hydrogen) atoms. The molecule has 1 fully saturated rings. The molecule has 0 aromatic heterocycles. The zero-order valence-corrected chi connectivity index (χ0v) is 17.9. The average molecular weight is 421 g/mol. The van der Waals surface area contributed by atoms with Gasteiger partial charge in [-0.05, 0) is 65.6 Å².